The summed E-state index contributed by atoms with van der Waals surface area (Å²) in [5.41, 5.74) is 0.688. The van der Waals surface area contributed by atoms with Gasteiger partial charge in [0, 0.05) is 30.5 Å². The first-order chi connectivity index (χ1) is 13.0. The third-order valence-corrected chi connectivity index (χ3v) is 5.98. The van der Waals surface area contributed by atoms with Gasteiger partial charge >= 0.3 is 5.97 Å². The smallest absolute Gasteiger partial charge is 0.306 e. The fraction of sp³-hybridized carbons (Fsp3) is 0.571. The second kappa shape index (κ2) is 8.55. The zero-order valence-electron chi connectivity index (χ0n) is 15.7. The number of aliphatic carboxylic acids is 1. The van der Waals surface area contributed by atoms with Gasteiger partial charge in [0.25, 0.3) is 0 Å². The van der Waals surface area contributed by atoms with E-state index in [4.69, 9.17) is 9.84 Å². The van der Waals surface area contributed by atoms with Crippen molar-refractivity contribution < 1.29 is 24.2 Å². The van der Waals surface area contributed by atoms with Crippen LogP contribution in [0.1, 0.15) is 48.9 Å². The molecule has 27 heavy (non-hydrogen) atoms. The van der Waals surface area contributed by atoms with Gasteiger partial charge in [0.15, 0.2) is 5.78 Å². The fourth-order valence-corrected chi connectivity index (χ4v) is 4.20. The van der Waals surface area contributed by atoms with Crippen LogP contribution in [0, 0.1) is 17.8 Å². The van der Waals surface area contributed by atoms with Crippen LogP contribution in [0.2, 0.25) is 0 Å². The van der Waals surface area contributed by atoms with Crippen molar-refractivity contribution in [1.82, 2.24) is 4.90 Å². The molecule has 146 valence electrons. The lowest BCUT2D eigenvalue weighted by molar-refractivity contribution is -0.146. The van der Waals surface area contributed by atoms with E-state index in [1.807, 2.05) is 4.90 Å². The molecule has 1 amide bonds. The molecule has 6 nitrogen and oxygen atoms in total. The van der Waals surface area contributed by atoms with Crippen LogP contribution in [-0.4, -0.2) is 47.9 Å². The first-order valence-corrected chi connectivity index (χ1v) is 9.69. The van der Waals surface area contributed by atoms with Gasteiger partial charge in [-0.3, -0.25) is 14.4 Å². The number of nitrogens with zero attached hydrogens (tertiary/aromatic N) is 1. The molecule has 6 heteroatoms. The number of carboxylic acids is 1. The number of Topliss-reactive ketones (excluding diaryl/α,β-unsaturated/α-hetero) is 1. The molecule has 0 bridgehead atoms. The fourth-order valence-electron chi connectivity index (χ4n) is 4.20. The third-order valence-electron chi connectivity index (χ3n) is 5.98. The number of amides is 1. The van der Waals surface area contributed by atoms with Crippen molar-refractivity contribution in [2.75, 3.05) is 20.2 Å². The van der Waals surface area contributed by atoms with Gasteiger partial charge in [-0.25, -0.2) is 0 Å². The number of rotatable bonds is 5. The Morgan fingerprint density at radius 3 is 1.96 bits per heavy atom. The van der Waals surface area contributed by atoms with Crippen LogP contribution in [-0.2, 0) is 9.59 Å². The molecular formula is C21H27NO5. The molecule has 1 aromatic rings. The van der Waals surface area contributed by atoms with Gasteiger partial charge in [0.1, 0.15) is 5.75 Å². The minimum atomic E-state index is -0.751. The molecule has 0 unspecified atom stereocenters. The highest BCUT2D eigenvalue weighted by Crippen LogP contribution is 2.32. The number of piperidine rings is 1. The molecule has 1 aliphatic carbocycles. The quantitative estimate of drug-likeness (QED) is 0.802. The summed E-state index contributed by atoms with van der Waals surface area (Å²) in [6.07, 6.45) is 3.83. The van der Waals surface area contributed by atoms with Crippen LogP contribution >= 0.6 is 0 Å². The molecule has 2 aliphatic rings. The van der Waals surface area contributed by atoms with Crippen LogP contribution in [0.4, 0.5) is 0 Å². The van der Waals surface area contributed by atoms with E-state index in [0.29, 0.717) is 57.2 Å². The Morgan fingerprint density at radius 2 is 1.44 bits per heavy atom. The normalized spacial score (nSPS) is 23.7. The van der Waals surface area contributed by atoms with E-state index in [2.05, 4.69) is 0 Å². The number of carbonyl (C=O) groups excluding carboxylic acids is 2. The van der Waals surface area contributed by atoms with Gasteiger partial charge in [-0.05, 0) is 62.8 Å². The van der Waals surface area contributed by atoms with Crippen LogP contribution < -0.4 is 4.74 Å². The molecule has 0 atom stereocenters. The Labute approximate surface area is 159 Å². The van der Waals surface area contributed by atoms with Crippen molar-refractivity contribution in [3.63, 3.8) is 0 Å². The predicted molar refractivity (Wildman–Crippen MR) is 99.7 cm³/mol. The number of carboxylic acid groups (broad SMARTS) is 1. The number of ketones is 1. The lowest BCUT2D eigenvalue weighted by Crippen LogP contribution is -2.44. The van der Waals surface area contributed by atoms with Gasteiger partial charge in [-0.1, -0.05) is 0 Å². The SMILES string of the molecule is COc1ccc(C(=O)C2CCN(C(=O)C3CCC(C(=O)O)CC3)CC2)cc1. The van der Waals surface area contributed by atoms with E-state index in [-0.39, 0.29) is 29.4 Å². The van der Waals surface area contributed by atoms with Crippen LogP contribution in [0.25, 0.3) is 0 Å². The highest BCUT2D eigenvalue weighted by molar-refractivity contribution is 5.98. The van der Waals surface area contributed by atoms with Gasteiger partial charge < -0.3 is 14.7 Å². The predicted octanol–water partition coefficient (Wildman–Crippen LogP) is 3.01. The second-order valence-corrected chi connectivity index (χ2v) is 7.58. The Hall–Kier alpha value is -2.37. The van der Waals surface area contributed by atoms with Gasteiger partial charge in [0.05, 0.1) is 13.0 Å². The maximum absolute atomic E-state index is 12.7. The summed E-state index contributed by atoms with van der Waals surface area (Å²) in [6.45, 7) is 1.20. The van der Waals surface area contributed by atoms with E-state index >= 15 is 0 Å². The largest absolute Gasteiger partial charge is 0.497 e. The summed E-state index contributed by atoms with van der Waals surface area (Å²) in [5.74, 6) is -0.175. The zero-order valence-corrected chi connectivity index (χ0v) is 15.7. The Kier molecular flexibility index (Phi) is 6.14. The summed E-state index contributed by atoms with van der Waals surface area (Å²) >= 11 is 0. The molecule has 1 aliphatic heterocycles. The Balaban J connectivity index is 1.50. The maximum atomic E-state index is 12.7. The lowest BCUT2D eigenvalue weighted by atomic mass is 9.81. The minimum absolute atomic E-state index is 0.0507. The summed E-state index contributed by atoms with van der Waals surface area (Å²) < 4.78 is 5.12. The summed E-state index contributed by atoms with van der Waals surface area (Å²) in [5, 5.41) is 9.08. The number of carbonyl (C=O) groups is 3. The number of hydrogen-bond donors (Lipinski definition) is 1. The first kappa shape index (κ1) is 19.4. The maximum Gasteiger partial charge on any atom is 0.306 e. The summed E-state index contributed by atoms with van der Waals surface area (Å²) in [4.78, 5) is 38.3. The van der Waals surface area contributed by atoms with Gasteiger partial charge in [-0.15, -0.1) is 0 Å². The molecule has 1 saturated carbocycles. The average Bonchev–Trinajstić information content (AvgIpc) is 2.73. The topological polar surface area (TPSA) is 83.9 Å². The molecule has 0 radical (unpaired) electrons. The second-order valence-electron chi connectivity index (χ2n) is 7.58. The summed E-state index contributed by atoms with van der Waals surface area (Å²) in [7, 11) is 1.59. The van der Waals surface area contributed by atoms with Crippen molar-refractivity contribution in [3.05, 3.63) is 29.8 Å². The first-order valence-electron chi connectivity index (χ1n) is 9.69. The molecule has 1 aromatic carbocycles. The molecule has 1 saturated heterocycles. The van der Waals surface area contributed by atoms with Crippen molar-refractivity contribution >= 4 is 17.7 Å². The number of likely N-dealkylation sites (tertiary alicyclic amines) is 1. The minimum Gasteiger partial charge on any atom is -0.497 e. The average molecular weight is 373 g/mol. The monoisotopic (exact) mass is 373 g/mol. The zero-order chi connectivity index (χ0) is 19.4. The number of methoxy groups -OCH3 is 1. The van der Waals surface area contributed by atoms with E-state index in [9.17, 15) is 14.4 Å². The molecule has 2 fully saturated rings. The summed E-state index contributed by atoms with van der Waals surface area (Å²) in [6, 6.07) is 7.16. The van der Waals surface area contributed by atoms with Crippen molar-refractivity contribution in [2.45, 2.75) is 38.5 Å². The molecule has 1 heterocycles. The third kappa shape index (κ3) is 4.49. The molecule has 3 rings (SSSR count). The standard InChI is InChI=1S/C21H27NO5/c1-27-18-8-6-14(7-9-18)19(23)15-10-12-22(13-11-15)20(24)16-2-4-17(5-3-16)21(25)26/h6-9,15-17H,2-5,10-13H2,1H3,(H,25,26). The van der Waals surface area contributed by atoms with Crippen molar-refractivity contribution in [1.29, 1.82) is 0 Å². The number of ether oxygens (including phenoxy) is 1. The highest BCUT2D eigenvalue weighted by atomic mass is 16.5. The highest BCUT2D eigenvalue weighted by Gasteiger charge is 2.34. The lowest BCUT2D eigenvalue weighted by Gasteiger charge is -2.35. The molecule has 0 spiro atoms. The Morgan fingerprint density at radius 1 is 0.889 bits per heavy atom. The number of benzene rings is 1. The Bertz CT molecular complexity index is 683. The molecule has 0 aromatic heterocycles. The van der Waals surface area contributed by atoms with E-state index in [1.165, 1.54) is 0 Å². The van der Waals surface area contributed by atoms with Gasteiger partial charge in [-0.2, -0.15) is 0 Å². The molecule has 1 N–H and O–H groups in total. The number of hydrogen-bond acceptors (Lipinski definition) is 4. The van der Waals surface area contributed by atoms with E-state index < -0.39 is 5.97 Å². The van der Waals surface area contributed by atoms with Crippen molar-refractivity contribution in [2.24, 2.45) is 17.8 Å². The van der Waals surface area contributed by atoms with Crippen LogP contribution in [0.15, 0.2) is 24.3 Å². The van der Waals surface area contributed by atoms with Crippen LogP contribution in [0.3, 0.4) is 0 Å². The van der Waals surface area contributed by atoms with E-state index in [1.54, 1.807) is 31.4 Å². The van der Waals surface area contributed by atoms with Crippen molar-refractivity contribution in [3.8, 4) is 5.75 Å². The van der Waals surface area contributed by atoms with Crippen LogP contribution in [0.5, 0.6) is 5.75 Å². The van der Waals surface area contributed by atoms with Gasteiger partial charge in [0.2, 0.25) is 5.91 Å². The van der Waals surface area contributed by atoms with E-state index in [0.717, 1.165) is 5.75 Å². The molecular weight excluding hydrogens is 346 g/mol.